The lowest BCUT2D eigenvalue weighted by Crippen LogP contribution is -2.88. The molecule has 1 aromatic heterocycles. The Bertz CT molecular complexity index is 732. The molecule has 1 saturated carbocycles. The molecular formula is C19H25ClNO3+. The fraction of sp³-hybridized carbons (Fsp3) is 0.526. The molecule has 0 radical (unpaired) electrons. The van der Waals surface area contributed by atoms with Gasteiger partial charge in [-0.15, -0.1) is 0 Å². The number of hydrogen-bond acceptors (Lipinski definition) is 3. The standard InChI is InChI=1S/C19H24ClNO3/c1-3-23-19(22)18-12(2)16-15(24-18)10-9-13(17(16)20)11-21-14-7-5-4-6-8-14/h9-10,14,21H,3-8,11H2,1-2H3/p+1. The van der Waals surface area contributed by atoms with Crippen LogP contribution in [0.15, 0.2) is 16.5 Å². The number of hydrogen-bond donors (Lipinski definition) is 1. The lowest BCUT2D eigenvalue weighted by Gasteiger charge is -2.20. The monoisotopic (exact) mass is 350 g/mol. The van der Waals surface area contributed by atoms with Crippen molar-refractivity contribution in [1.29, 1.82) is 0 Å². The molecule has 1 fully saturated rings. The largest absolute Gasteiger partial charge is 0.460 e. The summed E-state index contributed by atoms with van der Waals surface area (Å²) < 4.78 is 10.7. The number of ether oxygens (including phenoxy) is 1. The van der Waals surface area contributed by atoms with E-state index >= 15 is 0 Å². The number of benzene rings is 1. The molecule has 4 nitrogen and oxygen atoms in total. The minimum absolute atomic E-state index is 0.252. The van der Waals surface area contributed by atoms with Crippen molar-refractivity contribution in [3.05, 3.63) is 34.0 Å². The van der Waals surface area contributed by atoms with E-state index in [4.69, 9.17) is 20.8 Å². The number of aryl methyl sites for hydroxylation is 1. The van der Waals surface area contributed by atoms with E-state index in [0.29, 0.717) is 23.3 Å². The third-order valence-electron chi connectivity index (χ3n) is 4.89. The van der Waals surface area contributed by atoms with Crippen LogP contribution in [0.5, 0.6) is 0 Å². The zero-order chi connectivity index (χ0) is 17.1. The highest BCUT2D eigenvalue weighted by Crippen LogP contribution is 2.34. The summed E-state index contributed by atoms with van der Waals surface area (Å²) in [6.07, 6.45) is 6.60. The van der Waals surface area contributed by atoms with Gasteiger partial charge in [-0.3, -0.25) is 0 Å². The molecule has 130 valence electrons. The van der Waals surface area contributed by atoms with Crippen LogP contribution in [0, 0.1) is 6.92 Å². The molecule has 0 aliphatic heterocycles. The highest BCUT2D eigenvalue weighted by molar-refractivity contribution is 6.36. The number of quaternary nitrogens is 1. The molecule has 0 spiro atoms. The Morgan fingerprint density at radius 1 is 1.33 bits per heavy atom. The molecular weight excluding hydrogens is 326 g/mol. The number of carbonyl (C=O) groups is 1. The van der Waals surface area contributed by atoms with E-state index < -0.39 is 5.97 Å². The van der Waals surface area contributed by atoms with E-state index in [2.05, 4.69) is 5.32 Å². The maximum atomic E-state index is 12.0. The van der Waals surface area contributed by atoms with Gasteiger partial charge in [0, 0.05) is 16.5 Å². The zero-order valence-corrected chi connectivity index (χ0v) is 15.1. The highest BCUT2D eigenvalue weighted by atomic mass is 35.5. The number of furan rings is 1. The minimum atomic E-state index is -0.433. The Morgan fingerprint density at radius 2 is 2.08 bits per heavy atom. The van der Waals surface area contributed by atoms with Gasteiger partial charge in [-0.2, -0.15) is 0 Å². The predicted molar refractivity (Wildman–Crippen MR) is 94.4 cm³/mol. The second-order valence-corrected chi connectivity index (χ2v) is 6.90. The van der Waals surface area contributed by atoms with Crippen LogP contribution in [0.4, 0.5) is 0 Å². The van der Waals surface area contributed by atoms with Crippen LogP contribution >= 0.6 is 11.6 Å². The average Bonchev–Trinajstić information content (AvgIpc) is 2.93. The lowest BCUT2D eigenvalue weighted by atomic mass is 9.95. The molecule has 1 aliphatic rings. The molecule has 0 bridgehead atoms. The van der Waals surface area contributed by atoms with Gasteiger partial charge < -0.3 is 14.5 Å². The zero-order valence-electron chi connectivity index (χ0n) is 14.4. The van der Waals surface area contributed by atoms with Crippen LogP contribution in [0.25, 0.3) is 11.0 Å². The van der Waals surface area contributed by atoms with Crippen LogP contribution in [-0.2, 0) is 11.3 Å². The predicted octanol–water partition coefficient (Wildman–Crippen LogP) is 3.97. The Kier molecular flexibility index (Phi) is 5.47. The second kappa shape index (κ2) is 7.58. The maximum absolute atomic E-state index is 12.0. The molecule has 1 heterocycles. The van der Waals surface area contributed by atoms with Crippen LogP contribution in [0.1, 0.15) is 60.7 Å². The van der Waals surface area contributed by atoms with Crippen molar-refractivity contribution in [2.24, 2.45) is 0 Å². The van der Waals surface area contributed by atoms with Gasteiger partial charge in [0.25, 0.3) is 0 Å². The smallest absolute Gasteiger partial charge is 0.374 e. The number of carbonyl (C=O) groups excluding carboxylic acids is 1. The van der Waals surface area contributed by atoms with Gasteiger partial charge in [-0.05, 0) is 51.7 Å². The third-order valence-corrected chi connectivity index (χ3v) is 5.32. The second-order valence-electron chi connectivity index (χ2n) is 6.53. The number of fused-ring (bicyclic) bond motifs is 1. The molecule has 0 amide bonds. The average molecular weight is 351 g/mol. The van der Waals surface area contributed by atoms with Crippen molar-refractivity contribution in [2.45, 2.75) is 58.5 Å². The number of halogens is 1. The van der Waals surface area contributed by atoms with Crippen molar-refractivity contribution in [3.63, 3.8) is 0 Å². The molecule has 0 atom stereocenters. The summed E-state index contributed by atoms with van der Waals surface area (Å²) in [5.74, 6) is -0.181. The summed E-state index contributed by atoms with van der Waals surface area (Å²) >= 11 is 6.63. The summed E-state index contributed by atoms with van der Waals surface area (Å²) in [6, 6.07) is 4.61. The van der Waals surface area contributed by atoms with Crippen LogP contribution < -0.4 is 5.32 Å². The summed E-state index contributed by atoms with van der Waals surface area (Å²) in [6.45, 7) is 4.82. The number of nitrogens with two attached hydrogens (primary N) is 1. The van der Waals surface area contributed by atoms with Gasteiger partial charge in [-0.1, -0.05) is 18.0 Å². The summed E-state index contributed by atoms with van der Waals surface area (Å²) in [5.41, 5.74) is 2.49. The minimum Gasteiger partial charge on any atom is -0.460 e. The fourth-order valence-corrected chi connectivity index (χ4v) is 3.92. The van der Waals surface area contributed by atoms with Gasteiger partial charge >= 0.3 is 5.97 Å². The number of esters is 1. The van der Waals surface area contributed by atoms with Gasteiger partial charge in [0.1, 0.15) is 12.1 Å². The molecule has 0 unspecified atom stereocenters. The van der Waals surface area contributed by atoms with Crippen molar-refractivity contribution in [3.8, 4) is 0 Å². The van der Waals surface area contributed by atoms with E-state index in [1.807, 2.05) is 19.1 Å². The first kappa shape index (κ1) is 17.3. The Labute approximate surface area is 147 Å². The van der Waals surface area contributed by atoms with Gasteiger partial charge in [0.15, 0.2) is 0 Å². The topological polar surface area (TPSA) is 56.0 Å². The summed E-state index contributed by atoms with van der Waals surface area (Å²) in [5, 5.41) is 3.92. The molecule has 1 aliphatic carbocycles. The van der Waals surface area contributed by atoms with Crippen molar-refractivity contribution in [2.75, 3.05) is 6.61 Å². The molecule has 1 aromatic carbocycles. The first-order chi connectivity index (χ1) is 11.6. The Hall–Kier alpha value is -1.52. The van der Waals surface area contributed by atoms with E-state index in [1.165, 1.54) is 32.1 Å². The van der Waals surface area contributed by atoms with Crippen LogP contribution in [0.2, 0.25) is 5.02 Å². The maximum Gasteiger partial charge on any atom is 0.374 e. The van der Waals surface area contributed by atoms with Crippen LogP contribution in [0.3, 0.4) is 0 Å². The Morgan fingerprint density at radius 3 is 2.79 bits per heavy atom. The SMILES string of the molecule is CCOC(=O)c1oc2ccc(C[NH2+]C3CCCCC3)c(Cl)c2c1C. The summed E-state index contributed by atoms with van der Waals surface area (Å²) in [4.78, 5) is 12.0. The Balaban J connectivity index is 1.84. The van der Waals surface area contributed by atoms with Crippen molar-refractivity contribution in [1.82, 2.24) is 0 Å². The molecule has 24 heavy (non-hydrogen) atoms. The van der Waals surface area contributed by atoms with Crippen molar-refractivity contribution < 1.29 is 19.3 Å². The first-order valence-electron chi connectivity index (χ1n) is 8.82. The molecule has 5 heteroatoms. The molecule has 2 N–H and O–H groups in total. The fourth-order valence-electron chi connectivity index (χ4n) is 3.55. The van der Waals surface area contributed by atoms with Crippen molar-refractivity contribution >= 4 is 28.5 Å². The first-order valence-corrected chi connectivity index (χ1v) is 9.20. The van der Waals surface area contributed by atoms with Gasteiger partial charge in [-0.25, -0.2) is 4.79 Å². The van der Waals surface area contributed by atoms with Crippen LogP contribution in [-0.4, -0.2) is 18.6 Å². The molecule has 3 rings (SSSR count). The van der Waals surface area contributed by atoms with E-state index in [1.54, 1.807) is 6.92 Å². The molecule has 2 aromatic rings. The highest BCUT2D eigenvalue weighted by Gasteiger charge is 2.23. The quantitative estimate of drug-likeness (QED) is 0.830. The third kappa shape index (κ3) is 3.45. The normalized spacial score (nSPS) is 15.8. The lowest BCUT2D eigenvalue weighted by molar-refractivity contribution is -0.706. The van der Waals surface area contributed by atoms with E-state index in [0.717, 1.165) is 23.1 Å². The van der Waals surface area contributed by atoms with E-state index in [-0.39, 0.29) is 5.76 Å². The molecule has 0 saturated heterocycles. The van der Waals surface area contributed by atoms with Gasteiger partial charge in [0.05, 0.1) is 17.7 Å². The number of rotatable bonds is 5. The van der Waals surface area contributed by atoms with E-state index in [9.17, 15) is 4.79 Å². The van der Waals surface area contributed by atoms with Gasteiger partial charge in [0.2, 0.25) is 5.76 Å². The summed E-state index contributed by atoms with van der Waals surface area (Å²) in [7, 11) is 0.